The van der Waals surface area contributed by atoms with E-state index in [0.29, 0.717) is 50.6 Å². The standard InChI is InChI=1S/C65H37N9/c1-39-27-40(2)72-65(71-39)64-62(73-58-30-42(50-15-7-3-11-46(50)35-67)19-23-54(58)55-24-20-43(31-59(55)73)51-16-8-4-12-47(51)36-68)28-41(34-66)29-63(64)74-60-32-44(52-17-9-5-13-48(52)37-69)21-25-56(60)57-26-22-45(33-61(57)74)53-18-10-6-14-49(53)38-70/h3-33H,1-2H3. The molecule has 9 nitrogen and oxygen atoms in total. The van der Waals surface area contributed by atoms with E-state index in [1.165, 1.54) is 0 Å². The topological polar surface area (TPSA) is 155 Å². The summed E-state index contributed by atoms with van der Waals surface area (Å²) in [6, 6.07) is 72.8. The Morgan fingerprint density at radius 3 is 0.919 bits per heavy atom. The highest BCUT2D eigenvalue weighted by molar-refractivity contribution is 6.14. The molecular weight excluding hydrogens is 907 g/mol. The molecule has 0 radical (unpaired) electrons. The third-order valence-electron chi connectivity index (χ3n) is 13.9. The predicted octanol–water partition coefficient (Wildman–Crippen LogP) is 15.0. The van der Waals surface area contributed by atoms with Gasteiger partial charge in [0.05, 0.1) is 97.2 Å². The maximum atomic E-state index is 11.3. The fourth-order valence-electron chi connectivity index (χ4n) is 10.7. The molecule has 3 heterocycles. The summed E-state index contributed by atoms with van der Waals surface area (Å²) in [5.74, 6) is 0.427. The summed E-state index contributed by atoms with van der Waals surface area (Å²) in [7, 11) is 0. The van der Waals surface area contributed by atoms with Gasteiger partial charge in [-0.2, -0.15) is 26.3 Å². The molecule has 0 amide bonds. The van der Waals surface area contributed by atoms with E-state index in [2.05, 4.69) is 88.0 Å². The summed E-state index contributed by atoms with van der Waals surface area (Å²) in [4.78, 5) is 10.4. The number of hydrogen-bond donors (Lipinski definition) is 0. The first kappa shape index (κ1) is 44.3. The van der Waals surface area contributed by atoms with Crippen LogP contribution in [0.4, 0.5) is 0 Å². The summed E-state index contributed by atoms with van der Waals surface area (Å²) in [6.45, 7) is 3.88. The van der Waals surface area contributed by atoms with Crippen molar-refractivity contribution in [3.63, 3.8) is 0 Å². The second-order valence-corrected chi connectivity index (χ2v) is 18.2. The smallest absolute Gasteiger partial charge is 0.163 e. The van der Waals surface area contributed by atoms with E-state index in [0.717, 1.165) is 99.5 Å². The molecule has 9 aromatic carbocycles. The summed E-state index contributed by atoms with van der Waals surface area (Å²) < 4.78 is 4.33. The van der Waals surface area contributed by atoms with Gasteiger partial charge in [-0.25, -0.2) is 9.97 Å². The van der Waals surface area contributed by atoms with E-state index in [4.69, 9.17) is 9.97 Å². The Labute approximate surface area is 425 Å². The third kappa shape index (κ3) is 7.20. The zero-order chi connectivity index (χ0) is 50.6. The molecule has 0 atom stereocenters. The van der Waals surface area contributed by atoms with Crippen LogP contribution in [-0.2, 0) is 0 Å². The van der Waals surface area contributed by atoms with Gasteiger partial charge >= 0.3 is 0 Å². The number of nitrogens with zero attached hydrogens (tertiary/aromatic N) is 9. The minimum atomic E-state index is 0.363. The molecule has 0 fully saturated rings. The number of aromatic nitrogens is 4. The molecule has 0 spiro atoms. The molecular formula is C65H37N9. The molecule has 0 saturated heterocycles. The number of fused-ring (bicyclic) bond motifs is 6. The zero-order valence-electron chi connectivity index (χ0n) is 39.9. The van der Waals surface area contributed by atoms with Crippen LogP contribution in [0, 0.1) is 70.5 Å². The van der Waals surface area contributed by atoms with Gasteiger partial charge < -0.3 is 9.13 Å². The first-order chi connectivity index (χ1) is 36.3. The van der Waals surface area contributed by atoms with Gasteiger partial charge in [0, 0.05) is 32.9 Å². The molecule has 0 aliphatic rings. The van der Waals surface area contributed by atoms with Crippen molar-refractivity contribution < 1.29 is 0 Å². The fraction of sp³-hybridized carbons (Fsp3) is 0.0308. The molecule has 0 bridgehead atoms. The first-order valence-electron chi connectivity index (χ1n) is 23.8. The van der Waals surface area contributed by atoms with E-state index in [9.17, 15) is 26.3 Å². The lowest BCUT2D eigenvalue weighted by Gasteiger charge is -2.21. The maximum absolute atomic E-state index is 11.3. The van der Waals surface area contributed by atoms with Gasteiger partial charge in [0.1, 0.15) is 0 Å². The molecule has 12 aromatic rings. The summed E-state index contributed by atoms with van der Waals surface area (Å²) in [6.07, 6.45) is 0. The lowest BCUT2D eigenvalue weighted by atomic mass is 9.98. The molecule has 74 heavy (non-hydrogen) atoms. The van der Waals surface area contributed by atoms with Crippen LogP contribution in [0.1, 0.15) is 39.2 Å². The van der Waals surface area contributed by atoms with Crippen molar-refractivity contribution in [2.24, 2.45) is 0 Å². The van der Waals surface area contributed by atoms with Crippen molar-refractivity contribution in [3.05, 3.63) is 227 Å². The molecule has 0 unspecified atom stereocenters. The van der Waals surface area contributed by atoms with Crippen LogP contribution in [0.3, 0.4) is 0 Å². The molecule has 12 rings (SSSR count). The van der Waals surface area contributed by atoms with Crippen molar-refractivity contribution in [1.82, 2.24) is 19.1 Å². The normalized spacial score (nSPS) is 11.0. The van der Waals surface area contributed by atoms with E-state index in [-0.39, 0.29) is 0 Å². The van der Waals surface area contributed by atoms with Crippen LogP contribution >= 0.6 is 0 Å². The van der Waals surface area contributed by atoms with Gasteiger partial charge in [0.2, 0.25) is 0 Å². The highest BCUT2D eigenvalue weighted by Crippen LogP contribution is 2.45. The number of aryl methyl sites for hydroxylation is 2. The van der Waals surface area contributed by atoms with E-state index >= 15 is 0 Å². The Bertz CT molecular complexity index is 4080. The fourth-order valence-corrected chi connectivity index (χ4v) is 10.7. The molecule has 0 N–H and O–H groups in total. The molecule has 0 saturated carbocycles. The first-order valence-corrected chi connectivity index (χ1v) is 23.8. The summed E-state index contributed by atoms with van der Waals surface area (Å²) in [5.41, 5.74) is 15.4. The average Bonchev–Trinajstić information content (AvgIpc) is 3.95. The number of nitriles is 5. The van der Waals surface area contributed by atoms with Crippen LogP contribution < -0.4 is 0 Å². The van der Waals surface area contributed by atoms with Crippen molar-refractivity contribution in [2.75, 3.05) is 0 Å². The van der Waals surface area contributed by atoms with Crippen molar-refractivity contribution >= 4 is 43.6 Å². The Hall–Kier alpha value is -10.9. The van der Waals surface area contributed by atoms with Crippen LogP contribution in [0.25, 0.3) is 111 Å². The molecule has 0 aliphatic heterocycles. The van der Waals surface area contributed by atoms with Gasteiger partial charge in [0.15, 0.2) is 5.82 Å². The Morgan fingerprint density at radius 1 is 0.338 bits per heavy atom. The van der Waals surface area contributed by atoms with E-state index < -0.39 is 0 Å². The quantitative estimate of drug-likeness (QED) is 0.154. The van der Waals surface area contributed by atoms with Gasteiger partial charge in [-0.05, 0) is 125 Å². The van der Waals surface area contributed by atoms with E-state index in [1.54, 1.807) is 0 Å². The Balaban J connectivity index is 1.28. The third-order valence-corrected chi connectivity index (χ3v) is 13.9. The van der Waals surface area contributed by atoms with Crippen molar-refractivity contribution in [1.29, 1.82) is 26.3 Å². The second-order valence-electron chi connectivity index (χ2n) is 18.2. The Morgan fingerprint density at radius 2 is 0.635 bits per heavy atom. The monoisotopic (exact) mass is 943 g/mol. The number of benzene rings is 9. The minimum Gasteiger partial charge on any atom is -0.308 e. The van der Waals surface area contributed by atoms with Gasteiger partial charge in [0.25, 0.3) is 0 Å². The number of hydrogen-bond acceptors (Lipinski definition) is 7. The zero-order valence-corrected chi connectivity index (χ0v) is 39.9. The molecule has 342 valence electrons. The van der Waals surface area contributed by atoms with Gasteiger partial charge in [-0.1, -0.05) is 121 Å². The molecule has 3 aromatic heterocycles. The highest BCUT2D eigenvalue weighted by Gasteiger charge is 2.27. The largest absolute Gasteiger partial charge is 0.308 e. The predicted molar refractivity (Wildman–Crippen MR) is 291 cm³/mol. The van der Waals surface area contributed by atoms with Crippen LogP contribution in [0.2, 0.25) is 0 Å². The molecule has 9 heteroatoms. The average molecular weight is 944 g/mol. The van der Waals surface area contributed by atoms with Gasteiger partial charge in [-0.3, -0.25) is 0 Å². The highest BCUT2D eigenvalue weighted by atomic mass is 15.0. The SMILES string of the molecule is Cc1cc(C)nc(-c2c(-n3c4cc(-c5ccccc5C#N)ccc4c4ccc(-c5ccccc5C#N)cc43)cc(C#N)cc2-n2c3cc(-c4ccccc4C#N)ccc3c3ccc(-c4ccccc4C#N)cc32)n1. The Kier molecular flexibility index (Phi) is 10.7. The van der Waals surface area contributed by atoms with Crippen LogP contribution in [0.15, 0.2) is 188 Å². The van der Waals surface area contributed by atoms with Crippen molar-refractivity contribution in [2.45, 2.75) is 13.8 Å². The lowest BCUT2D eigenvalue weighted by Crippen LogP contribution is -2.08. The molecule has 0 aliphatic carbocycles. The minimum absolute atomic E-state index is 0.363. The van der Waals surface area contributed by atoms with Crippen LogP contribution in [0.5, 0.6) is 0 Å². The van der Waals surface area contributed by atoms with Crippen molar-refractivity contribution in [3.8, 4) is 97.6 Å². The number of rotatable bonds is 7. The van der Waals surface area contributed by atoms with E-state index in [1.807, 2.05) is 153 Å². The lowest BCUT2D eigenvalue weighted by molar-refractivity contribution is 1.04. The maximum Gasteiger partial charge on any atom is 0.163 e. The second kappa shape index (κ2) is 17.8. The van der Waals surface area contributed by atoms with Crippen LogP contribution in [-0.4, -0.2) is 19.1 Å². The summed E-state index contributed by atoms with van der Waals surface area (Å²) >= 11 is 0. The summed E-state index contributed by atoms with van der Waals surface area (Å²) in [5, 5.41) is 56.2. The van der Waals surface area contributed by atoms with Gasteiger partial charge in [-0.15, -0.1) is 0 Å².